The summed E-state index contributed by atoms with van der Waals surface area (Å²) in [4.78, 5) is 18.1. The first kappa shape index (κ1) is 20.8. The normalized spacial score (nSPS) is 15.0. The Morgan fingerprint density at radius 1 is 1.06 bits per heavy atom. The number of nitrogens with zero attached hydrogens (tertiary/aromatic N) is 3. The van der Waals surface area contributed by atoms with Gasteiger partial charge in [-0.15, -0.1) is 5.10 Å². The number of nitrogens with one attached hydrogen (secondary N) is 2. The summed E-state index contributed by atoms with van der Waals surface area (Å²) in [6.45, 7) is 1.83. The van der Waals surface area contributed by atoms with Gasteiger partial charge < -0.3 is 15.7 Å². The van der Waals surface area contributed by atoms with Gasteiger partial charge in [-0.3, -0.25) is 4.79 Å². The first-order valence-corrected chi connectivity index (χ1v) is 10.7. The minimum atomic E-state index is -0.592. The van der Waals surface area contributed by atoms with Gasteiger partial charge in [0.2, 0.25) is 5.95 Å². The van der Waals surface area contributed by atoms with Gasteiger partial charge in [0.1, 0.15) is 11.8 Å². The standard InChI is InChI=1S/C25H20ClN5O2/c1-15-21(24(33)28-19-7-3-2-4-8-19)22(17-6-5-9-20(32)14-17)31-25(27-15)29-23(30-31)16-10-12-18(26)13-11-16/h2-14,22,32H,1H3,(H,28,33)(H,27,29,30). The van der Waals surface area contributed by atoms with Gasteiger partial charge in [0, 0.05) is 22.0 Å². The molecule has 0 bridgehead atoms. The van der Waals surface area contributed by atoms with Crippen LogP contribution in [-0.4, -0.2) is 25.8 Å². The zero-order valence-electron chi connectivity index (χ0n) is 17.7. The molecule has 33 heavy (non-hydrogen) atoms. The third-order valence-electron chi connectivity index (χ3n) is 5.42. The lowest BCUT2D eigenvalue weighted by atomic mass is 9.95. The van der Waals surface area contributed by atoms with E-state index in [0.29, 0.717) is 39.3 Å². The number of phenolic OH excluding ortho intramolecular Hbond substituents is 1. The van der Waals surface area contributed by atoms with E-state index in [4.69, 9.17) is 16.7 Å². The number of amides is 1. The van der Waals surface area contributed by atoms with Gasteiger partial charge in [-0.1, -0.05) is 41.9 Å². The van der Waals surface area contributed by atoms with Crippen LogP contribution in [0.25, 0.3) is 11.4 Å². The lowest BCUT2D eigenvalue weighted by Crippen LogP contribution is -2.31. The van der Waals surface area contributed by atoms with Crippen molar-refractivity contribution in [2.45, 2.75) is 13.0 Å². The molecule has 5 rings (SSSR count). The van der Waals surface area contributed by atoms with Gasteiger partial charge in [-0.2, -0.15) is 4.98 Å². The number of benzene rings is 3. The van der Waals surface area contributed by atoms with Crippen LogP contribution in [0.1, 0.15) is 18.5 Å². The number of aromatic nitrogens is 3. The van der Waals surface area contributed by atoms with Crippen molar-refractivity contribution in [2.24, 2.45) is 0 Å². The summed E-state index contributed by atoms with van der Waals surface area (Å²) in [5, 5.41) is 21.6. The van der Waals surface area contributed by atoms with Crippen molar-refractivity contribution >= 4 is 29.1 Å². The molecule has 1 atom stereocenters. The van der Waals surface area contributed by atoms with Crippen LogP contribution in [0.3, 0.4) is 0 Å². The summed E-state index contributed by atoms with van der Waals surface area (Å²) >= 11 is 6.02. The molecule has 0 saturated carbocycles. The van der Waals surface area contributed by atoms with Crippen LogP contribution in [0, 0.1) is 0 Å². The molecule has 1 aliphatic rings. The van der Waals surface area contributed by atoms with Gasteiger partial charge in [0.05, 0.1) is 5.57 Å². The van der Waals surface area contributed by atoms with Crippen LogP contribution >= 0.6 is 11.6 Å². The maximum Gasteiger partial charge on any atom is 0.255 e. The van der Waals surface area contributed by atoms with Crippen molar-refractivity contribution in [3.63, 3.8) is 0 Å². The average Bonchev–Trinajstić information content (AvgIpc) is 3.22. The fraction of sp³-hybridized carbons (Fsp3) is 0.0800. The second-order valence-corrected chi connectivity index (χ2v) is 8.13. The number of allylic oxidation sites excluding steroid dienone is 1. The van der Waals surface area contributed by atoms with E-state index in [2.05, 4.69) is 15.6 Å². The molecular weight excluding hydrogens is 438 g/mol. The van der Waals surface area contributed by atoms with Crippen LogP contribution in [0.2, 0.25) is 5.02 Å². The van der Waals surface area contributed by atoms with E-state index >= 15 is 0 Å². The molecule has 164 valence electrons. The first-order chi connectivity index (χ1) is 16.0. The van der Waals surface area contributed by atoms with Gasteiger partial charge in [0.25, 0.3) is 5.91 Å². The van der Waals surface area contributed by atoms with Gasteiger partial charge >= 0.3 is 0 Å². The minimum absolute atomic E-state index is 0.103. The molecule has 8 heteroatoms. The van der Waals surface area contributed by atoms with Crippen LogP contribution in [0.4, 0.5) is 11.6 Å². The number of carbonyl (C=O) groups is 1. The summed E-state index contributed by atoms with van der Waals surface area (Å²) in [5.74, 6) is 0.832. The molecule has 0 radical (unpaired) electrons. The summed E-state index contributed by atoms with van der Waals surface area (Å²) in [5.41, 5.74) is 3.32. The topological polar surface area (TPSA) is 92.1 Å². The van der Waals surface area contributed by atoms with E-state index in [-0.39, 0.29) is 11.7 Å². The Bertz CT molecular complexity index is 1360. The molecule has 0 saturated heterocycles. The highest BCUT2D eigenvalue weighted by molar-refractivity contribution is 6.30. The second-order valence-electron chi connectivity index (χ2n) is 7.69. The Balaban J connectivity index is 1.61. The van der Waals surface area contributed by atoms with Crippen molar-refractivity contribution in [3.8, 4) is 17.1 Å². The Kier molecular flexibility index (Phi) is 5.32. The smallest absolute Gasteiger partial charge is 0.255 e. The van der Waals surface area contributed by atoms with Gasteiger partial charge in [-0.25, -0.2) is 4.68 Å². The number of hydrogen-bond acceptors (Lipinski definition) is 5. The number of halogens is 1. The van der Waals surface area contributed by atoms with Crippen molar-refractivity contribution in [3.05, 3.63) is 101 Å². The molecule has 3 N–H and O–H groups in total. The van der Waals surface area contributed by atoms with E-state index in [1.165, 1.54) is 0 Å². The fourth-order valence-electron chi connectivity index (χ4n) is 3.89. The number of phenols is 1. The summed E-state index contributed by atoms with van der Waals surface area (Å²) in [6.07, 6.45) is 0. The number of anilines is 2. The molecule has 7 nitrogen and oxygen atoms in total. The van der Waals surface area contributed by atoms with E-state index in [1.807, 2.05) is 55.5 Å². The second kappa shape index (κ2) is 8.44. The molecule has 1 aliphatic heterocycles. The van der Waals surface area contributed by atoms with Crippen LogP contribution < -0.4 is 10.6 Å². The highest BCUT2D eigenvalue weighted by Gasteiger charge is 2.34. The Morgan fingerprint density at radius 2 is 1.82 bits per heavy atom. The van der Waals surface area contributed by atoms with Gasteiger partial charge in [-0.05, 0) is 61.0 Å². The number of fused-ring (bicyclic) bond motifs is 1. The molecule has 2 heterocycles. The predicted molar refractivity (Wildman–Crippen MR) is 128 cm³/mol. The highest BCUT2D eigenvalue weighted by atomic mass is 35.5. The molecule has 0 spiro atoms. The lowest BCUT2D eigenvalue weighted by molar-refractivity contribution is -0.113. The number of aromatic hydroxyl groups is 1. The number of carbonyl (C=O) groups excluding carboxylic acids is 1. The quantitative estimate of drug-likeness (QED) is 0.390. The number of hydrogen-bond donors (Lipinski definition) is 3. The maximum atomic E-state index is 13.4. The van der Waals surface area contributed by atoms with Crippen LogP contribution in [-0.2, 0) is 4.79 Å². The monoisotopic (exact) mass is 457 g/mol. The minimum Gasteiger partial charge on any atom is -0.508 e. The van der Waals surface area contributed by atoms with E-state index in [1.54, 1.807) is 35.0 Å². The largest absolute Gasteiger partial charge is 0.508 e. The molecule has 3 aromatic carbocycles. The van der Waals surface area contributed by atoms with Crippen LogP contribution in [0.5, 0.6) is 5.75 Å². The average molecular weight is 458 g/mol. The van der Waals surface area contributed by atoms with Crippen molar-refractivity contribution in [1.29, 1.82) is 0 Å². The molecule has 1 aromatic heterocycles. The fourth-order valence-corrected chi connectivity index (χ4v) is 4.02. The van der Waals surface area contributed by atoms with Crippen molar-refractivity contribution in [2.75, 3.05) is 10.6 Å². The number of rotatable bonds is 4. The first-order valence-electron chi connectivity index (χ1n) is 10.4. The van der Waals surface area contributed by atoms with Crippen molar-refractivity contribution in [1.82, 2.24) is 14.8 Å². The number of para-hydroxylation sites is 1. The third kappa shape index (κ3) is 4.06. The summed E-state index contributed by atoms with van der Waals surface area (Å²) in [7, 11) is 0. The Hall–Kier alpha value is -4.10. The third-order valence-corrected chi connectivity index (χ3v) is 5.67. The zero-order valence-corrected chi connectivity index (χ0v) is 18.4. The molecule has 1 unspecified atom stereocenters. The lowest BCUT2D eigenvalue weighted by Gasteiger charge is -2.28. The highest BCUT2D eigenvalue weighted by Crippen LogP contribution is 2.37. The molecule has 0 fully saturated rings. The zero-order chi connectivity index (χ0) is 22.9. The van der Waals surface area contributed by atoms with E-state index < -0.39 is 6.04 Å². The summed E-state index contributed by atoms with van der Waals surface area (Å²) < 4.78 is 1.67. The maximum absolute atomic E-state index is 13.4. The predicted octanol–water partition coefficient (Wildman–Crippen LogP) is 5.23. The molecule has 0 aliphatic carbocycles. The molecule has 4 aromatic rings. The Labute approximate surface area is 195 Å². The van der Waals surface area contributed by atoms with Gasteiger partial charge in [0.15, 0.2) is 5.82 Å². The van der Waals surface area contributed by atoms with Crippen molar-refractivity contribution < 1.29 is 9.90 Å². The SMILES string of the molecule is CC1=C(C(=O)Nc2ccccc2)C(c2cccc(O)c2)n2nc(-c3ccc(Cl)cc3)nc2N1. The molecular formula is C25H20ClN5O2. The van der Waals surface area contributed by atoms with E-state index in [0.717, 1.165) is 5.56 Å². The van der Waals surface area contributed by atoms with E-state index in [9.17, 15) is 9.90 Å². The Morgan fingerprint density at radius 3 is 2.55 bits per heavy atom. The molecule has 1 amide bonds. The summed E-state index contributed by atoms with van der Waals surface area (Å²) in [6, 6.07) is 22.7. The van der Waals surface area contributed by atoms with Crippen LogP contribution in [0.15, 0.2) is 90.1 Å².